The molecular formula is C17H15FN2O5S2. The van der Waals surface area contributed by atoms with Crippen LogP contribution in [0.15, 0.2) is 50.2 Å². The summed E-state index contributed by atoms with van der Waals surface area (Å²) in [5.74, 6) is -0.571. The zero-order chi connectivity index (χ0) is 19.6. The Morgan fingerprint density at radius 3 is 2.78 bits per heavy atom. The summed E-state index contributed by atoms with van der Waals surface area (Å²) in [7, 11) is -2.56. The van der Waals surface area contributed by atoms with E-state index in [1.165, 1.54) is 50.7 Å². The van der Waals surface area contributed by atoms with Gasteiger partial charge in [0.2, 0.25) is 15.8 Å². The number of carbonyl (C=O) groups excluding carboxylic acids is 1. The van der Waals surface area contributed by atoms with E-state index in [4.69, 9.17) is 9.15 Å². The Balaban J connectivity index is 2.14. The number of thiophene rings is 1. The summed E-state index contributed by atoms with van der Waals surface area (Å²) in [5.41, 5.74) is 0.196. The van der Waals surface area contributed by atoms with Crippen LogP contribution in [-0.2, 0) is 21.2 Å². The number of amides is 1. The maximum atomic E-state index is 14.2. The molecule has 3 aromatic rings. The van der Waals surface area contributed by atoms with Crippen LogP contribution in [-0.4, -0.2) is 26.5 Å². The SMILES string of the molecule is CNC(=O)OCc1cc(-c2cccnc2F)c(S(=O)(=O)c2ccoc2C)s1. The van der Waals surface area contributed by atoms with E-state index >= 15 is 0 Å². The van der Waals surface area contributed by atoms with Crippen molar-refractivity contribution >= 4 is 27.3 Å². The van der Waals surface area contributed by atoms with E-state index in [1.807, 2.05) is 0 Å². The first-order valence-corrected chi connectivity index (χ1v) is 10.0. The van der Waals surface area contributed by atoms with Crippen molar-refractivity contribution in [2.24, 2.45) is 0 Å². The number of furan rings is 1. The Kier molecular flexibility index (Phi) is 5.29. The van der Waals surface area contributed by atoms with Crippen molar-refractivity contribution in [3.05, 3.63) is 53.3 Å². The number of nitrogens with one attached hydrogen (secondary N) is 1. The molecule has 0 fully saturated rings. The van der Waals surface area contributed by atoms with Gasteiger partial charge in [0.05, 0.1) is 6.26 Å². The predicted molar refractivity (Wildman–Crippen MR) is 95.6 cm³/mol. The molecule has 0 unspecified atom stereocenters. The number of nitrogens with zero attached hydrogens (tertiary/aromatic N) is 1. The van der Waals surface area contributed by atoms with E-state index in [-0.39, 0.29) is 32.6 Å². The highest BCUT2D eigenvalue weighted by Gasteiger charge is 2.29. The molecule has 0 aromatic carbocycles. The van der Waals surface area contributed by atoms with E-state index in [9.17, 15) is 17.6 Å². The number of halogens is 1. The molecule has 1 N–H and O–H groups in total. The first-order valence-electron chi connectivity index (χ1n) is 7.72. The minimum atomic E-state index is -3.97. The topological polar surface area (TPSA) is 98.5 Å². The molecule has 3 heterocycles. The fourth-order valence-corrected chi connectivity index (χ4v) is 5.59. The van der Waals surface area contributed by atoms with Gasteiger partial charge in [-0.3, -0.25) is 0 Å². The van der Waals surface area contributed by atoms with Crippen LogP contribution in [0.1, 0.15) is 10.6 Å². The lowest BCUT2D eigenvalue weighted by Gasteiger charge is -2.05. The fourth-order valence-electron chi connectivity index (χ4n) is 2.43. The normalized spacial score (nSPS) is 11.4. The Morgan fingerprint density at radius 1 is 1.37 bits per heavy atom. The third-order valence-electron chi connectivity index (χ3n) is 3.69. The third-order valence-corrected chi connectivity index (χ3v) is 7.21. The number of hydrogen-bond donors (Lipinski definition) is 1. The van der Waals surface area contributed by atoms with Crippen LogP contribution in [0.5, 0.6) is 0 Å². The lowest BCUT2D eigenvalue weighted by Crippen LogP contribution is -2.18. The molecule has 0 aliphatic rings. The molecule has 142 valence electrons. The van der Waals surface area contributed by atoms with Gasteiger partial charge in [0, 0.05) is 29.2 Å². The van der Waals surface area contributed by atoms with Gasteiger partial charge in [0.25, 0.3) is 0 Å². The summed E-state index contributed by atoms with van der Waals surface area (Å²) in [6.07, 6.45) is 1.89. The number of alkyl carbamates (subject to hydrolysis) is 1. The Morgan fingerprint density at radius 2 is 2.15 bits per heavy atom. The second kappa shape index (κ2) is 7.49. The summed E-state index contributed by atoms with van der Waals surface area (Å²) in [4.78, 5) is 15.3. The van der Waals surface area contributed by atoms with Crippen molar-refractivity contribution in [3.63, 3.8) is 0 Å². The van der Waals surface area contributed by atoms with Gasteiger partial charge in [-0.25, -0.2) is 18.2 Å². The van der Waals surface area contributed by atoms with Gasteiger partial charge in [-0.2, -0.15) is 4.39 Å². The van der Waals surface area contributed by atoms with Crippen LogP contribution in [0, 0.1) is 12.9 Å². The zero-order valence-corrected chi connectivity index (χ0v) is 16.0. The zero-order valence-electron chi connectivity index (χ0n) is 14.4. The minimum Gasteiger partial charge on any atom is -0.468 e. The highest BCUT2D eigenvalue weighted by Crippen LogP contribution is 2.40. The van der Waals surface area contributed by atoms with Crippen LogP contribution in [0.4, 0.5) is 9.18 Å². The Labute approximate surface area is 158 Å². The monoisotopic (exact) mass is 410 g/mol. The standard InChI is InChI=1S/C17H15FN2O5S2/c1-10-14(5-7-24-10)27(22,23)16-13(12-4-3-6-20-15(12)18)8-11(26-16)9-25-17(21)19-2/h3-8H,9H2,1-2H3,(H,19,21). The molecule has 0 saturated carbocycles. The second-order valence-corrected chi connectivity index (χ2v) is 8.68. The summed E-state index contributed by atoms with van der Waals surface area (Å²) in [6, 6.07) is 5.77. The van der Waals surface area contributed by atoms with Crippen molar-refractivity contribution in [1.29, 1.82) is 0 Å². The summed E-state index contributed by atoms with van der Waals surface area (Å²) < 4.78 is 50.5. The molecule has 3 rings (SSSR count). The van der Waals surface area contributed by atoms with Crippen molar-refractivity contribution in [1.82, 2.24) is 10.3 Å². The number of carbonyl (C=O) groups is 1. The number of rotatable bonds is 5. The molecule has 0 aliphatic heterocycles. The van der Waals surface area contributed by atoms with Gasteiger partial charge in [0.1, 0.15) is 21.5 Å². The number of ether oxygens (including phenoxy) is 1. The number of pyridine rings is 1. The average molecular weight is 410 g/mol. The summed E-state index contributed by atoms with van der Waals surface area (Å²) in [6.45, 7) is 1.37. The second-order valence-electron chi connectivity index (χ2n) is 5.43. The Hall–Kier alpha value is -2.72. The highest BCUT2D eigenvalue weighted by atomic mass is 32.2. The van der Waals surface area contributed by atoms with E-state index in [0.717, 1.165) is 11.3 Å². The molecule has 0 atom stereocenters. The lowest BCUT2D eigenvalue weighted by molar-refractivity contribution is 0.143. The fraction of sp³-hybridized carbons (Fsp3) is 0.176. The lowest BCUT2D eigenvalue weighted by atomic mass is 10.1. The van der Waals surface area contributed by atoms with Gasteiger partial charge in [0.15, 0.2) is 0 Å². The van der Waals surface area contributed by atoms with Crippen LogP contribution in [0.3, 0.4) is 0 Å². The summed E-state index contributed by atoms with van der Waals surface area (Å²) >= 11 is 0.900. The van der Waals surface area contributed by atoms with Crippen LogP contribution in [0.2, 0.25) is 0 Å². The Bertz CT molecular complexity index is 1090. The minimum absolute atomic E-state index is 0.00586. The van der Waals surface area contributed by atoms with Crippen LogP contribution < -0.4 is 5.32 Å². The molecule has 0 bridgehead atoms. The predicted octanol–water partition coefficient (Wildman–Crippen LogP) is 3.54. The number of aromatic nitrogens is 1. The van der Waals surface area contributed by atoms with Gasteiger partial charge in [-0.15, -0.1) is 11.3 Å². The molecule has 1 amide bonds. The van der Waals surface area contributed by atoms with Crippen LogP contribution in [0.25, 0.3) is 11.1 Å². The van der Waals surface area contributed by atoms with Crippen molar-refractivity contribution in [2.45, 2.75) is 22.6 Å². The first kappa shape index (κ1) is 19.1. The molecule has 27 heavy (non-hydrogen) atoms. The molecule has 3 aromatic heterocycles. The quantitative estimate of drug-likeness (QED) is 0.646. The average Bonchev–Trinajstić information content (AvgIpc) is 3.27. The van der Waals surface area contributed by atoms with Gasteiger partial charge in [-0.1, -0.05) is 0 Å². The van der Waals surface area contributed by atoms with Crippen molar-refractivity contribution in [3.8, 4) is 11.1 Å². The number of sulfone groups is 1. The van der Waals surface area contributed by atoms with Gasteiger partial charge >= 0.3 is 6.09 Å². The third kappa shape index (κ3) is 3.71. The number of aryl methyl sites for hydroxylation is 1. The van der Waals surface area contributed by atoms with E-state index in [1.54, 1.807) is 0 Å². The molecule has 10 heteroatoms. The molecule has 0 aliphatic carbocycles. The maximum absolute atomic E-state index is 14.2. The molecule has 0 saturated heterocycles. The van der Waals surface area contributed by atoms with Crippen molar-refractivity contribution in [2.75, 3.05) is 7.05 Å². The van der Waals surface area contributed by atoms with Crippen molar-refractivity contribution < 1.29 is 26.8 Å². The maximum Gasteiger partial charge on any atom is 0.407 e. The molecular weight excluding hydrogens is 395 g/mol. The molecule has 7 nitrogen and oxygen atoms in total. The highest BCUT2D eigenvalue weighted by molar-refractivity contribution is 7.93. The molecule has 0 spiro atoms. The smallest absolute Gasteiger partial charge is 0.407 e. The van der Waals surface area contributed by atoms with E-state index in [2.05, 4.69) is 10.3 Å². The van der Waals surface area contributed by atoms with Gasteiger partial charge in [-0.05, 0) is 31.2 Å². The van der Waals surface area contributed by atoms with E-state index in [0.29, 0.717) is 4.88 Å². The largest absolute Gasteiger partial charge is 0.468 e. The van der Waals surface area contributed by atoms with E-state index < -0.39 is 21.9 Å². The number of hydrogen-bond acceptors (Lipinski definition) is 7. The van der Waals surface area contributed by atoms with Gasteiger partial charge < -0.3 is 14.5 Å². The summed E-state index contributed by atoms with van der Waals surface area (Å²) in [5, 5.41) is 2.30. The molecule has 0 radical (unpaired) electrons. The first-order chi connectivity index (χ1) is 12.8. The van der Waals surface area contributed by atoms with Crippen LogP contribution >= 0.6 is 11.3 Å².